The molecule has 0 bridgehead atoms. The fraction of sp³-hybridized carbons (Fsp3) is 0.214. The predicted molar refractivity (Wildman–Crippen MR) is 77.4 cm³/mol. The zero-order valence-corrected chi connectivity index (χ0v) is 11.0. The maximum Gasteiger partial charge on any atom is 0.287 e. The van der Waals surface area contributed by atoms with Gasteiger partial charge in [-0.1, -0.05) is 24.3 Å². The highest BCUT2D eigenvalue weighted by atomic mass is 16.6. The summed E-state index contributed by atoms with van der Waals surface area (Å²) in [4.78, 5) is 14.0. The summed E-state index contributed by atoms with van der Waals surface area (Å²) in [5.41, 5.74) is 7.82. The van der Waals surface area contributed by atoms with Gasteiger partial charge in [-0.3, -0.25) is 10.1 Å². The van der Waals surface area contributed by atoms with Gasteiger partial charge in [0.05, 0.1) is 4.92 Å². The van der Waals surface area contributed by atoms with Crippen molar-refractivity contribution >= 4 is 11.5 Å². The van der Waals surface area contributed by atoms with Crippen molar-refractivity contribution in [2.75, 3.05) is 11.9 Å². The van der Waals surface area contributed by atoms with Crippen molar-refractivity contribution in [1.29, 1.82) is 0 Å². The average Bonchev–Trinajstić information content (AvgIpc) is 2.47. The van der Waals surface area contributed by atoms with Crippen LogP contribution in [0.25, 0.3) is 0 Å². The van der Waals surface area contributed by atoms with Crippen LogP contribution in [0.2, 0.25) is 0 Å². The topological polar surface area (TPSA) is 94.1 Å². The number of nitrogens with two attached hydrogens (primary N) is 1. The lowest BCUT2D eigenvalue weighted by atomic mass is 10.1. The zero-order chi connectivity index (χ0) is 14.4. The van der Waals surface area contributed by atoms with E-state index in [-0.39, 0.29) is 5.69 Å². The van der Waals surface area contributed by atoms with Crippen molar-refractivity contribution in [2.45, 2.75) is 13.0 Å². The number of anilines is 1. The standard InChI is InChI=1S/C14H16N4O2/c15-8-7-11-1-3-12(4-2-11)9-16-14-6-5-13(10-17-14)18(19)20/h1-6,10H,7-9,15H2,(H,16,17). The molecule has 0 saturated heterocycles. The van der Waals surface area contributed by atoms with E-state index >= 15 is 0 Å². The Morgan fingerprint density at radius 2 is 1.85 bits per heavy atom. The van der Waals surface area contributed by atoms with E-state index in [9.17, 15) is 10.1 Å². The number of rotatable bonds is 6. The third-order valence-corrected chi connectivity index (χ3v) is 2.89. The summed E-state index contributed by atoms with van der Waals surface area (Å²) in [6.45, 7) is 1.26. The van der Waals surface area contributed by atoms with Crippen LogP contribution < -0.4 is 11.1 Å². The van der Waals surface area contributed by atoms with E-state index in [1.807, 2.05) is 24.3 Å². The number of hydrogen-bond donors (Lipinski definition) is 2. The van der Waals surface area contributed by atoms with E-state index in [4.69, 9.17) is 5.73 Å². The third-order valence-electron chi connectivity index (χ3n) is 2.89. The summed E-state index contributed by atoms with van der Waals surface area (Å²) in [5.74, 6) is 0.613. The molecule has 2 rings (SSSR count). The van der Waals surface area contributed by atoms with Gasteiger partial charge in [0.15, 0.2) is 0 Å². The van der Waals surface area contributed by atoms with Gasteiger partial charge in [-0.05, 0) is 30.2 Å². The van der Waals surface area contributed by atoms with Gasteiger partial charge in [-0.25, -0.2) is 4.98 Å². The Morgan fingerprint density at radius 3 is 2.40 bits per heavy atom. The Balaban J connectivity index is 1.92. The van der Waals surface area contributed by atoms with Crippen LogP contribution in [-0.2, 0) is 13.0 Å². The molecule has 6 nitrogen and oxygen atoms in total. The van der Waals surface area contributed by atoms with Crippen molar-refractivity contribution in [1.82, 2.24) is 4.98 Å². The maximum atomic E-state index is 10.5. The number of nitrogens with one attached hydrogen (secondary N) is 1. The molecule has 0 amide bonds. The molecule has 0 spiro atoms. The zero-order valence-electron chi connectivity index (χ0n) is 11.0. The molecule has 0 fully saturated rings. The minimum Gasteiger partial charge on any atom is -0.366 e. The number of nitro groups is 1. The van der Waals surface area contributed by atoms with Gasteiger partial charge in [-0.15, -0.1) is 0 Å². The van der Waals surface area contributed by atoms with Crippen LogP contribution in [0.5, 0.6) is 0 Å². The van der Waals surface area contributed by atoms with Gasteiger partial charge in [0.1, 0.15) is 12.0 Å². The smallest absolute Gasteiger partial charge is 0.287 e. The molecule has 0 aliphatic carbocycles. The van der Waals surface area contributed by atoms with Crippen molar-refractivity contribution in [3.63, 3.8) is 0 Å². The van der Waals surface area contributed by atoms with Crippen molar-refractivity contribution in [3.05, 3.63) is 63.8 Å². The summed E-state index contributed by atoms with van der Waals surface area (Å²) in [7, 11) is 0. The summed E-state index contributed by atoms with van der Waals surface area (Å²) in [5, 5.41) is 13.6. The predicted octanol–water partition coefficient (Wildman–Crippen LogP) is 2.10. The van der Waals surface area contributed by atoms with Gasteiger partial charge < -0.3 is 11.1 Å². The Bertz CT molecular complexity index is 567. The molecule has 6 heteroatoms. The number of pyridine rings is 1. The lowest BCUT2D eigenvalue weighted by Gasteiger charge is -2.06. The van der Waals surface area contributed by atoms with Crippen LogP contribution in [0.1, 0.15) is 11.1 Å². The van der Waals surface area contributed by atoms with Gasteiger partial charge in [0, 0.05) is 12.6 Å². The molecule has 104 valence electrons. The Labute approximate surface area is 116 Å². The minimum absolute atomic E-state index is 0.0123. The largest absolute Gasteiger partial charge is 0.366 e. The van der Waals surface area contributed by atoms with Crippen LogP contribution in [0.3, 0.4) is 0 Å². The fourth-order valence-corrected chi connectivity index (χ4v) is 1.78. The Kier molecular flexibility index (Phi) is 4.62. The maximum absolute atomic E-state index is 10.5. The summed E-state index contributed by atoms with van der Waals surface area (Å²) in [6, 6.07) is 11.2. The van der Waals surface area contributed by atoms with Crippen LogP contribution >= 0.6 is 0 Å². The molecular formula is C14H16N4O2. The summed E-state index contributed by atoms with van der Waals surface area (Å²) >= 11 is 0. The lowest BCUT2D eigenvalue weighted by Crippen LogP contribution is -2.04. The highest BCUT2D eigenvalue weighted by Crippen LogP contribution is 2.13. The SMILES string of the molecule is NCCc1ccc(CNc2ccc([N+](=O)[O-])cn2)cc1. The van der Waals surface area contributed by atoms with E-state index in [0.29, 0.717) is 18.9 Å². The monoisotopic (exact) mass is 272 g/mol. The molecule has 3 N–H and O–H groups in total. The molecule has 2 aromatic rings. The summed E-state index contributed by atoms with van der Waals surface area (Å²) in [6.07, 6.45) is 2.12. The Hall–Kier alpha value is -2.47. The van der Waals surface area contributed by atoms with Crippen LogP contribution in [-0.4, -0.2) is 16.5 Å². The van der Waals surface area contributed by atoms with E-state index < -0.39 is 4.92 Å². The first-order valence-corrected chi connectivity index (χ1v) is 6.31. The van der Waals surface area contributed by atoms with E-state index in [2.05, 4.69) is 10.3 Å². The normalized spacial score (nSPS) is 10.2. The molecule has 20 heavy (non-hydrogen) atoms. The highest BCUT2D eigenvalue weighted by molar-refractivity contribution is 5.40. The average molecular weight is 272 g/mol. The molecule has 0 unspecified atom stereocenters. The van der Waals surface area contributed by atoms with Crippen LogP contribution in [0, 0.1) is 10.1 Å². The van der Waals surface area contributed by atoms with Crippen molar-refractivity contribution in [2.24, 2.45) is 5.73 Å². The second kappa shape index (κ2) is 6.63. The quantitative estimate of drug-likeness (QED) is 0.620. The second-order valence-electron chi connectivity index (χ2n) is 4.37. The molecule has 1 aromatic heterocycles. The van der Waals surface area contributed by atoms with Crippen molar-refractivity contribution < 1.29 is 4.92 Å². The second-order valence-corrected chi connectivity index (χ2v) is 4.37. The van der Waals surface area contributed by atoms with Crippen LogP contribution in [0.15, 0.2) is 42.6 Å². The van der Waals surface area contributed by atoms with Gasteiger partial charge in [-0.2, -0.15) is 0 Å². The van der Waals surface area contributed by atoms with Gasteiger partial charge in [0.2, 0.25) is 0 Å². The van der Waals surface area contributed by atoms with Gasteiger partial charge in [0.25, 0.3) is 5.69 Å². The first kappa shape index (κ1) is 14.0. The minimum atomic E-state index is -0.465. The van der Waals surface area contributed by atoms with Gasteiger partial charge >= 0.3 is 0 Å². The van der Waals surface area contributed by atoms with E-state index in [1.165, 1.54) is 17.8 Å². The molecule has 0 atom stereocenters. The highest BCUT2D eigenvalue weighted by Gasteiger charge is 2.04. The number of nitrogens with zero attached hydrogens (tertiary/aromatic N) is 2. The number of benzene rings is 1. The lowest BCUT2D eigenvalue weighted by molar-refractivity contribution is -0.385. The first-order valence-electron chi connectivity index (χ1n) is 6.31. The van der Waals surface area contributed by atoms with Crippen molar-refractivity contribution in [3.8, 4) is 0 Å². The van der Waals surface area contributed by atoms with E-state index in [1.54, 1.807) is 6.07 Å². The first-order chi connectivity index (χ1) is 9.69. The molecule has 0 radical (unpaired) electrons. The van der Waals surface area contributed by atoms with Crippen LogP contribution in [0.4, 0.5) is 11.5 Å². The molecule has 0 aliphatic heterocycles. The number of hydrogen-bond acceptors (Lipinski definition) is 5. The molecule has 0 saturated carbocycles. The molecule has 1 aromatic carbocycles. The summed E-state index contributed by atoms with van der Waals surface area (Å²) < 4.78 is 0. The Morgan fingerprint density at radius 1 is 1.15 bits per heavy atom. The molecular weight excluding hydrogens is 256 g/mol. The number of aromatic nitrogens is 1. The molecule has 0 aliphatic rings. The third kappa shape index (κ3) is 3.76. The molecule has 1 heterocycles. The fourth-order valence-electron chi connectivity index (χ4n) is 1.78. The van der Waals surface area contributed by atoms with E-state index in [0.717, 1.165) is 12.0 Å².